The van der Waals surface area contributed by atoms with Crippen molar-refractivity contribution in [2.45, 2.75) is 6.92 Å². The SMILES string of the molecule is CC(=O)Nc1cccc([As](=O)(O)OO)c1.O=C(O)c1ccc2[nH]c(-c3nc4ccccc4[nH]c3=O)cc2c1. The number of fused-ring (bicyclic) bond motifs is 2. The van der Waals surface area contributed by atoms with Crippen LogP contribution in [0.3, 0.4) is 0 Å². The van der Waals surface area contributed by atoms with Crippen molar-refractivity contribution >= 4 is 58.0 Å². The van der Waals surface area contributed by atoms with E-state index in [1.54, 1.807) is 30.3 Å². The maximum absolute atomic E-state index is 12.3. The number of amides is 1. The smallest absolute Gasteiger partial charge is 0.335 e. The topological polar surface area (TPSA) is 195 Å². The van der Waals surface area contributed by atoms with Gasteiger partial charge in [0.15, 0.2) is 5.69 Å². The van der Waals surface area contributed by atoms with Crippen molar-refractivity contribution in [3.05, 3.63) is 88.7 Å². The number of carboxylic acid groups (broad SMARTS) is 1. The number of rotatable bonds is 5. The molecule has 13 heteroatoms. The number of anilines is 1. The number of nitrogens with one attached hydrogen (secondary N) is 3. The fourth-order valence-corrected chi connectivity index (χ4v) is 5.02. The summed E-state index contributed by atoms with van der Waals surface area (Å²) in [6, 6.07) is 19.4. The third kappa shape index (κ3) is 5.90. The summed E-state index contributed by atoms with van der Waals surface area (Å²) in [5.74, 6) is -1.28. The van der Waals surface area contributed by atoms with E-state index in [1.807, 2.05) is 18.2 Å². The molecule has 0 spiro atoms. The minimum atomic E-state index is -4.83. The summed E-state index contributed by atoms with van der Waals surface area (Å²) in [6.07, 6.45) is 0. The molecule has 1 unspecified atom stereocenters. The Labute approximate surface area is 216 Å². The normalized spacial score (nSPS) is 12.4. The predicted molar refractivity (Wildman–Crippen MR) is 139 cm³/mol. The van der Waals surface area contributed by atoms with Gasteiger partial charge in [0.2, 0.25) is 0 Å². The fraction of sp³-hybridized carbons (Fsp3) is 0.0400. The van der Waals surface area contributed by atoms with Gasteiger partial charge in [-0.15, -0.1) is 0 Å². The number of benzene rings is 3. The maximum Gasteiger partial charge on any atom is 0.335 e. The summed E-state index contributed by atoms with van der Waals surface area (Å²) in [4.78, 5) is 44.3. The second kappa shape index (κ2) is 10.9. The molecule has 0 fully saturated rings. The third-order valence-corrected chi connectivity index (χ3v) is 7.74. The number of nitrogens with zero attached hydrogens (tertiary/aromatic N) is 1. The summed E-state index contributed by atoms with van der Waals surface area (Å²) in [5, 5.41) is 20.5. The van der Waals surface area contributed by atoms with Crippen LogP contribution in [0.5, 0.6) is 0 Å². The van der Waals surface area contributed by atoms with E-state index < -0.39 is 20.1 Å². The van der Waals surface area contributed by atoms with Crippen LogP contribution in [0.15, 0.2) is 77.6 Å². The zero-order valence-electron chi connectivity index (χ0n) is 19.7. The largest absolute Gasteiger partial charge is 0.478 e. The van der Waals surface area contributed by atoms with Gasteiger partial charge in [-0.1, -0.05) is 12.1 Å². The molecule has 1 amide bonds. The van der Waals surface area contributed by atoms with Gasteiger partial charge in [-0.2, -0.15) is 0 Å². The molecule has 0 radical (unpaired) electrons. The Balaban J connectivity index is 0.000000196. The fourth-order valence-electron chi connectivity index (χ4n) is 3.62. The molecule has 2 aromatic heterocycles. The number of para-hydroxylation sites is 2. The quantitative estimate of drug-likeness (QED) is 0.103. The van der Waals surface area contributed by atoms with Crippen LogP contribution < -0.4 is 15.2 Å². The molecular weight excluding hydrogens is 559 g/mol. The van der Waals surface area contributed by atoms with Gasteiger partial charge in [-0.25, -0.2) is 9.78 Å². The second-order valence-corrected chi connectivity index (χ2v) is 11.7. The second-order valence-electron chi connectivity index (χ2n) is 8.06. The van der Waals surface area contributed by atoms with Crippen molar-refractivity contribution in [3.63, 3.8) is 0 Å². The standard InChI is InChI=1S/C17H11N3O3.C8H10AsNO5/c21-16-15(19-12-3-1-2-4-13(12)20-16)14-8-10-7-9(17(22)23)5-6-11(10)18-14;1-6(11)10-8-4-2-3-7(5-8)9(12,13)15-14/h1-8,18H,(H,20,21)(H,22,23);2-5,14H,1H3,(H,10,11)(H,12,13). The molecule has 2 heterocycles. The van der Waals surface area contributed by atoms with Gasteiger partial charge >= 0.3 is 94.4 Å². The van der Waals surface area contributed by atoms with E-state index in [4.69, 9.17) is 10.4 Å². The number of aromatic amines is 2. The first kappa shape index (κ1) is 26.6. The number of hydrogen-bond acceptors (Lipinski definition) is 7. The number of carboxylic acids is 1. The Hall–Kier alpha value is -4.48. The van der Waals surface area contributed by atoms with Gasteiger partial charge in [0.25, 0.3) is 5.56 Å². The number of hydrogen-bond donors (Lipinski definition) is 6. The Bertz CT molecular complexity index is 1780. The summed E-state index contributed by atoms with van der Waals surface area (Å²) in [5.41, 5.74) is 3.20. The van der Waals surface area contributed by atoms with Crippen molar-refractivity contribution < 1.29 is 31.7 Å². The van der Waals surface area contributed by atoms with Crippen LogP contribution in [0.25, 0.3) is 33.3 Å². The van der Waals surface area contributed by atoms with Gasteiger partial charge in [-0.3, -0.25) is 4.79 Å². The minimum Gasteiger partial charge on any atom is -0.478 e. The first-order chi connectivity index (χ1) is 18.1. The molecule has 1 atom stereocenters. The average molecular weight is 580 g/mol. The maximum atomic E-state index is 12.3. The molecule has 0 aliphatic heterocycles. The van der Waals surface area contributed by atoms with E-state index in [0.717, 1.165) is 5.52 Å². The summed E-state index contributed by atoms with van der Waals surface area (Å²) in [7, 11) is 0. The predicted octanol–water partition coefficient (Wildman–Crippen LogP) is 2.47. The van der Waals surface area contributed by atoms with Crippen molar-refractivity contribution in [1.82, 2.24) is 15.0 Å². The number of H-pyrrole nitrogens is 2. The molecule has 0 aliphatic carbocycles. The van der Waals surface area contributed by atoms with Crippen LogP contribution in [0.1, 0.15) is 17.3 Å². The molecule has 5 aromatic rings. The summed E-state index contributed by atoms with van der Waals surface area (Å²) in [6.45, 7) is 1.32. The number of aromatic nitrogens is 3. The molecule has 38 heavy (non-hydrogen) atoms. The summed E-state index contributed by atoms with van der Waals surface area (Å²) >= 11 is -4.83. The molecule has 0 bridgehead atoms. The monoisotopic (exact) mass is 580 g/mol. The van der Waals surface area contributed by atoms with Gasteiger partial charge in [0.1, 0.15) is 0 Å². The molecule has 0 saturated heterocycles. The number of aromatic carboxylic acids is 1. The van der Waals surface area contributed by atoms with Crippen LogP contribution in [-0.2, 0) is 12.4 Å². The van der Waals surface area contributed by atoms with E-state index in [-0.39, 0.29) is 27.1 Å². The average Bonchev–Trinajstić information content (AvgIpc) is 3.31. The van der Waals surface area contributed by atoms with E-state index in [1.165, 1.54) is 31.2 Å². The minimum absolute atomic E-state index is 0.0399. The van der Waals surface area contributed by atoms with E-state index in [9.17, 15) is 22.2 Å². The van der Waals surface area contributed by atoms with Crippen LogP contribution in [0.4, 0.5) is 5.69 Å². The van der Waals surface area contributed by atoms with Crippen molar-refractivity contribution in [1.29, 1.82) is 0 Å². The number of carbonyl (C=O) groups is 2. The Morgan fingerprint density at radius 2 is 1.74 bits per heavy atom. The molecule has 3 aromatic carbocycles. The van der Waals surface area contributed by atoms with Gasteiger partial charge < -0.3 is 15.1 Å². The van der Waals surface area contributed by atoms with Crippen LogP contribution in [0.2, 0.25) is 0 Å². The molecule has 194 valence electrons. The van der Waals surface area contributed by atoms with Crippen LogP contribution in [-0.4, -0.2) is 55.5 Å². The molecule has 12 nitrogen and oxygen atoms in total. The van der Waals surface area contributed by atoms with Crippen molar-refractivity contribution in [2.75, 3.05) is 5.32 Å². The Morgan fingerprint density at radius 1 is 0.974 bits per heavy atom. The molecule has 0 saturated carbocycles. The van der Waals surface area contributed by atoms with Crippen LogP contribution in [0, 0.1) is 0 Å². The molecule has 0 aliphatic rings. The Morgan fingerprint density at radius 3 is 2.45 bits per heavy atom. The summed E-state index contributed by atoms with van der Waals surface area (Å²) < 4.78 is 23.9. The molecule has 6 N–H and O–H groups in total. The first-order valence-corrected chi connectivity index (χ1v) is 14.3. The number of carbonyl (C=O) groups excluding carboxylic acids is 1. The third-order valence-electron chi connectivity index (χ3n) is 5.33. The zero-order valence-corrected chi connectivity index (χ0v) is 21.6. The molecular formula is C25H21AsN4O8. The van der Waals surface area contributed by atoms with Crippen LogP contribution >= 0.6 is 0 Å². The van der Waals surface area contributed by atoms with Crippen molar-refractivity contribution in [2.24, 2.45) is 0 Å². The van der Waals surface area contributed by atoms with Gasteiger partial charge in [0, 0.05) is 10.9 Å². The van der Waals surface area contributed by atoms with E-state index >= 15 is 0 Å². The zero-order chi connectivity index (χ0) is 27.4. The van der Waals surface area contributed by atoms with Gasteiger partial charge in [-0.05, 0) is 36.4 Å². The first-order valence-electron chi connectivity index (χ1n) is 11.0. The van der Waals surface area contributed by atoms with E-state index in [0.29, 0.717) is 27.8 Å². The Kier molecular flexibility index (Phi) is 7.60. The van der Waals surface area contributed by atoms with E-state index in [2.05, 4.69) is 24.1 Å². The molecule has 5 rings (SSSR count). The van der Waals surface area contributed by atoms with Gasteiger partial charge in [0.05, 0.1) is 22.3 Å². The van der Waals surface area contributed by atoms with Crippen molar-refractivity contribution in [3.8, 4) is 11.4 Å².